The van der Waals surface area contributed by atoms with Crippen LogP contribution in [0, 0.1) is 0 Å². The zero-order valence-electron chi connectivity index (χ0n) is 28.0. The molecule has 0 amide bonds. The molecule has 2 atom stereocenters. The third kappa shape index (κ3) is 4.48. The van der Waals surface area contributed by atoms with E-state index in [9.17, 15) is 0 Å². The van der Waals surface area contributed by atoms with Crippen molar-refractivity contribution in [3.8, 4) is 5.69 Å². The zero-order valence-corrected chi connectivity index (χ0v) is 28.9. The van der Waals surface area contributed by atoms with Crippen LogP contribution in [0.25, 0.3) is 54.8 Å². The smallest absolute Gasteiger partial charge is 0.0633 e. The van der Waals surface area contributed by atoms with Gasteiger partial charge in [0.25, 0.3) is 0 Å². The molecule has 0 N–H and O–H groups in total. The molecule has 51 heavy (non-hydrogen) atoms. The third-order valence-corrected chi connectivity index (χ3v) is 12.4. The van der Waals surface area contributed by atoms with E-state index in [1.807, 2.05) is 11.3 Å². The standard InChI is InChI=1S/C48H34N2S/c1-2-12-35(13-3-1)49-43-18-7-4-15-37(43)40-28-32(21-24-45(40)49)33-22-25-46-41(29-33)38-16-5-8-19-44(38)50(46)36-14-10-11-31(27-36)34-23-26-48-42(30-34)39-17-6-9-20-47(39)51-48/h1-23,25-29,34,45H,24,30H2. The number of rotatable bonds is 4. The predicted octanol–water partition coefficient (Wildman–Crippen LogP) is 12.7. The molecule has 0 bridgehead atoms. The van der Waals surface area contributed by atoms with E-state index in [4.69, 9.17) is 0 Å². The normalized spacial score (nSPS) is 17.8. The van der Waals surface area contributed by atoms with Crippen LogP contribution in [0.4, 0.5) is 11.4 Å². The van der Waals surface area contributed by atoms with Gasteiger partial charge in [-0.3, -0.25) is 0 Å². The minimum atomic E-state index is 0.301. The molecule has 0 fully saturated rings. The number of hydrogen-bond donors (Lipinski definition) is 0. The Kier molecular flexibility index (Phi) is 6.41. The lowest BCUT2D eigenvalue weighted by Gasteiger charge is -2.29. The second kappa shape index (κ2) is 11.3. The molecule has 0 spiro atoms. The van der Waals surface area contributed by atoms with Gasteiger partial charge in [0.1, 0.15) is 0 Å². The molecule has 2 unspecified atom stereocenters. The highest BCUT2D eigenvalue weighted by Gasteiger charge is 2.35. The summed E-state index contributed by atoms with van der Waals surface area (Å²) < 4.78 is 3.85. The lowest BCUT2D eigenvalue weighted by atomic mass is 9.87. The molecule has 2 aromatic heterocycles. The van der Waals surface area contributed by atoms with Gasteiger partial charge in [-0.15, -0.1) is 11.3 Å². The van der Waals surface area contributed by atoms with Crippen molar-refractivity contribution in [1.82, 2.24) is 4.57 Å². The van der Waals surface area contributed by atoms with Gasteiger partial charge >= 0.3 is 0 Å². The van der Waals surface area contributed by atoms with Crippen LogP contribution in [-0.2, 0) is 6.42 Å². The lowest BCUT2D eigenvalue weighted by Crippen LogP contribution is -2.27. The summed E-state index contributed by atoms with van der Waals surface area (Å²) in [5.74, 6) is 0.351. The predicted molar refractivity (Wildman–Crippen MR) is 217 cm³/mol. The number of anilines is 2. The summed E-state index contributed by atoms with van der Waals surface area (Å²) in [6.07, 6.45) is 11.7. The lowest BCUT2D eigenvalue weighted by molar-refractivity contribution is 0.831. The van der Waals surface area contributed by atoms with Crippen molar-refractivity contribution in [2.24, 2.45) is 0 Å². The fourth-order valence-corrected chi connectivity index (χ4v) is 10.1. The molecule has 1 aliphatic heterocycles. The minimum absolute atomic E-state index is 0.301. The van der Waals surface area contributed by atoms with Crippen LogP contribution in [0.15, 0.2) is 164 Å². The van der Waals surface area contributed by atoms with Crippen molar-refractivity contribution in [2.75, 3.05) is 4.90 Å². The Labute approximate surface area is 301 Å². The molecule has 242 valence electrons. The van der Waals surface area contributed by atoms with Gasteiger partial charge < -0.3 is 9.47 Å². The highest BCUT2D eigenvalue weighted by Crippen LogP contribution is 2.49. The summed E-state index contributed by atoms with van der Waals surface area (Å²) in [5, 5.41) is 3.99. The topological polar surface area (TPSA) is 8.17 Å². The van der Waals surface area contributed by atoms with Gasteiger partial charge in [0.05, 0.1) is 17.1 Å². The Morgan fingerprint density at radius 1 is 0.627 bits per heavy atom. The Balaban J connectivity index is 0.979. The first kappa shape index (κ1) is 28.9. The van der Waals surface area contributed by atoms with E-state index in [1.54, 1.807) is 0 Å². The third-order valence-electron chi connectivity index (χ3n) is 11.2. The molecule has 8 aromatic rings. The van der Waals surface area contributed by atoms with E-state index in [0.717, 1.165) is 12.8 Å². The number of allylic oxidation sites excluding steroid dienone is 3. The van der Waals surface area contributed by atoms with Crippen molar-refractivity contribution >= 4 is 71.8 Å². The number of para-hydroxylation sites is 3. The largest absolute Gasteiger partial charge is 0.333 e. The summed E-state index contributed by atoms with van der Waals surface area (Å²) in [5.41, 5.74) is 14.4. The molecule has 6 aromatic carbocycles. The number of hydrogen-bond acceptors (Lipinski definition) is 2. The monoisotopic (exact) mass is 670 g/mol. The number of benzene rings is 6. The van der Waals surface area contributed by atoms with Gasteiger partial charge in [0.15, 0.2) is 0 Å². The van der Waals surface area contributed by atoms with E-state index in [1.165, 1.54) is 87.2 Å². The summed E-state index contributed by atoms with van der Waals surface area (Å²) in [4.78, 5) is 3.93. The molecule has 2 nitrogen and oxygen atoms in total. The Bertz CT molecular complexity index is 2770. The van der Waals surface area contributed by atoms with Gasteiger partial charge in [0.2, 0.25) is 0 Å². The van der Waals surface area contributed by atoms with Crippen LogP contribution in [-0.4, -0.2) is 10.6 Å². The summed E-state index contributed by atoms with van der Waals surface area (Å²) in [7, 11) is 0. The first-order valence-electron chi connectivity index (χ1n) is 18.0. The SMILES string of the molecule is C1=CC(c2cccc(-n3c4ccccc4c4cc(C5=CCC6C(=C5)c5ccccc5N6c5ccccc5)ccc43)c2)Cc2c1sc1ccccc21. The van der Waals surface area contributed by atoms with E-state index in [0.29, 0.717) is 12.0 Å². The van der Waals surface area contributed by atoms with E-state index in [2.05, 4.69) is 179 Å². The molecular weight excluding hydrogens is 637 g/mol. The summed E-state index contributed by atoms with van der Waals surface area (Å²) in [6.45, 7) is 0. The van der Waals surface area contributed by atoms with Gasteiger partial charge in [-0.05, 0) is 113 Å². The molecule has 2 aliphatic carbocycles. The highest BCUT2D eigenvalue weighted by molar-refractivity contribution is 7.20. The van der Waals surface area contributed by atoms with Crippen LogP contribution in [0.2, 0.25) is 0 Å². The summed E-state index contributed by atoms with van der Waals surface area (Å²) in [6, 6.07) is 54.1. The summed E-state index contributed by atoms with van der Waals surface area (Å²) >= 11 is 1.91. The van der Waals surface area contributed by atoms with Gasteiger partial charge in [-0.1, -0.05) is 103 Å². The number of fused-ring (bicyclic) bond motifs is 9. The van der Waals surface area contributed by atoms with E-state index < -0.39 is 0 Å². The average molecular weight is 671 g/mol. The van der Waals surface area contributed by atoms with E-state index in [-0.39, 0.29) is 0 Å². The second-order valence-electron chi connectivity index (χ2n) is 14.0. The molecule has 11 rings (SSSR count). The maximum atomic E-state index is 2.52. The first-order chi connectivity index (χ1) is 25.3. The van der Waals surface area contributed by atoms with Gasteiger partial charge in [-0.25, -0.2) is 0 Å². The van der Waals surface area contributed by atoms with E-state index >= 15 is 0 Å². The molecular formula is C48H34N2S. The Morgan fingerprint density at radius 2 is 1.41 bits per heavy atom. The molecule has 3 heteroatoms. The van der Waals surface area contributed by atoms with Crippen LogP contribution in [0.1, 0.15) is 39.5 Å². The van der Waals surface area contributed by atoms with Crippen molar-refractivity contribution in [3.63, 3.8) is 0 Å². The molecule has 0 saturated carbocycles. The van der Waals surface area contributed by atoms with Gasteiger partial charge in [0, 0.05) is 48.9 Å². The zero-order chi connectivity index (χ0) is 33.5. The van der Waals surface area contributed by atoms with Crippen molar-refractivity contribution < 1.29 is 0 Å². The number of thiophene rings is 1. The minimum Gasteiger partial charge on any atom is -0.333 e. The fourth-order valence-electron chi connectivity index (χ4n) is 8.90. The first-order valence-corrected chi connectivity index (χ1v) is 18.8. The number of aromatic nitrogens is 1. The molecule has 0 radical (unpaired) electrons. The van der Waals surface area contributed by atoms with Crippen molar-refractivity contribution in [2.45, 2.75) is 24.8 Å². The quantitative estimate of drug-likeness (QED) is 0.181. The average Bonchev–Trinajstić information content (AvgIpc) is 3.85. The Morgan fingerprint density at radius 3 is 2.35 bits per heavy atom. The van der Waals surface area contributed by atoms with Crippen molar-refractivity contribution in [1.29, 1.82) is 0 Å². The fraction of sp³-hybridized carbons (Fsp3) is 0.0833. The Hall–Kier alpha value is -5.90. The maximum Gasteiger partial charge on any atom is 0.0633 e. The van der Waals surface area contributed by atoms with Crippen LogP contribution in [0.3, 0.4) is 0 Å². The van der Waals surface area contributed by atoms with Crippen LogP contribution < -0.4 is 4.90 Å². The second-order valence-corrected chi connectivity index (χ2v) is 15.1. The highest BCUT2D eigenvalue weighted by atomic mass is 32.1. The van der Waals surface area contributed by atoms with Gasteiger partial charge in [-0.2, -0.15) is 0 Å². The molecule has 3 aliphatic rings. The molecule has 3 heterocycles. The maximum absolute atomic E-state index is 2.52. The molecule has 0 saturated heterocycles. The van der Waals surface area contributed by atoms with Crippen molar-refractivity contribution in [3.05, 3.63) is 191 Å². The van der Waals surface area contributed by atoms with Crippen LogP contribution >= 0.6 is 11.3 Å². The number of nitrogens with zero attached hydrogens (tertiary/aromatic N) is 2. The van der Waals surface area contributed by atoms with Crippen LogP contribution in [0.5, 0.6) is 0 Å².